The number of ether oxygens (including phenoxy) is 1. The van der Waals surface area contributed by atoms with Gasteiger partial charge in [0.15, 0.2) is 14.1 Å². The first-order valence-electron chi connectivity index (χ1n) is 10.7. The van der Waals surface area contributed by atoms with Crippen molar-refractivity contribution in [3.8, 4) is 11.3 Å². The van der Waals surface area contributed by atoms with E-state index in [1.165, 1.54) is 7.11 Å². The highest BCUT2D eigenvalue weighted by molar-refractivity contribution is 6.72. The summed E-state index contributed by atoms with van der Waals surface area (Å²) >= 11 is 0. The number of imidazole rings is 1. The maximum absolute atomic E-state index is 11.9. The van der Waals surface area contributed by atoms with Crippen molar-refractivity contribution in [2.75, 3.05) is 7.11 Å². The number of nitrogens with one attached hydrogen (secondary N) is 1. The fourth-order valence-corrected chi connectivity index (χ4v) is 4.54. The van der Waals surface area contributed by atoms with E-state index in [2.05, 4.69) is 26.1 Å². The first-order valence-corrected chi connectivity index (χ1v) is 13.7. The Morgan fingerprint density at radius 1 is 1.28 bits per heavy atom. The van der Waals surface area contributed by atoms with Crippen LogP contribution in [0.15, 0.2) is 30.5 Å². The van der Waals surface area contributed by atoms with Gasteiger partial charge in [-0.05, 0) is 30.1 Å². The van der Waals surface area contributed by atoms with Crippen LogP contribution in [-0.2, 0) is 23.0 Å². The monoisotopic (exact) mass is 455 g/mol. The van der Waals surface area contributed by atoms with Crippen molar-refractivity contribution in [1.29, 1.82) is 0 Å². The lowest BCUT2D eigenvalue weighted by Gasteiger charge is -2.36. The highest BCUT2D eigenvalue weighted by Gasteiger charge is 2.39. The minimum atomic E-state index is -2.30. The van der Waals surface area contributed by atoms with Gasteiger partial charge >= 0.3 is 5.97 Å². The molecule has 2 N–H and O–H groups in total. The Balaban J connectivity index is 2.18. The zero-order valence-electron chi connectivity index (χ0n) is 20.1. The maximum Gasteiger partial charge on any atom is 0.328 e. The number of hydrogen-bond donors (Lipinski definition) is 2. The third-order valence-corrected chi connectivity index (χ3v) is 9.83. The van der Waals surface area contributed by atoms with Crippen LogP contribution in [0.2, 0.25) is 18.1 Å². The van der Waals surface area contributed by atoms with Gasteiger partial charge in [0.05, 0.1) is 12.8 Å². The van der Waals surface area contributed by atoms with Crippen LogP contribution < -0.4 is 5.32 Å². The third-order valence-electron chi connectivity index (χ3n) is 6.32. The van der Waals surface area contributed by atoms with E-state index in [0.717, 1.165) is 29.1 Å². The molecule has 2 atom stereocenters. The van der Waals surface area contributed by atoms with Gasteiger partial charge in [-0.1, -0.05) is 45.0 Å². The Labute approximate surface area is 193 Å². The van der Waals surface area contributed by atoms with Crippen LogP contribution >= 0.6 is 0 Å². The smallest absolute Gasteiger partial charge is 0.328 e. The summed E-state index contributed by atoms with van der Waals surface area (Å²) in [4.78, 5) is 38.6. The Morgan fingerprint density at radius 3 is 2.38 bits per heavy atom. The standard InChI is InChI=1S/C23H34BN3O4Si/c1-15(13-23(2,3)32(6,7)30)20-25-19(14-27(20)4)17-10-8-16(9-11-17)12-18(21(28)31-5)26-22(24)29/h8-11,14-15,18,30H,12-13H2,1-7H3,(H,26,29). The topological polar surface area (TPSA) is 93.5 Å². The van der Waals surface area contributed by atoms with Gasteiger partial charge in [0.25, 0.3) is 0 Å². The Kier molecular flexibility index (Phi) is 8.12. The summed E-state index contributed by atoms with van der Waals surface area (Å²) in [6.07, 6.45) is 3.13. The fourth-order valence-electron chi connectivity index (χ4n) is 3.74. The molecule has 2 unspecified atom stereocenters. The number of amides is 1. The largest absolute Gasteiger partial charge is 0.467 e. The average molecular weight is 455 g/mol. The van der Waals surface area contributed by atoms with Gasteiger partial charge in [-0.2, -0.15) is 0 Å². The van der Waals surface area contributed by atoms with E-state index in [0.29, 0.717) is 0 Å². The van der Waals surface area contributed by atoms with Gasteiger partial charge in [-0.25, -0.2) is 9.78 Å². The Morgan fingerprint density at radius 2 is 1.88 bits per heavy atom. The molecule has 1 aromatic carbocycles. The summed E-state index contributed by atoms with van der Waals surface area (Å²) in [6, 6.07) is 6.84. The first-order chi connectivity index (χ1) is 14.7. The number of benzene rings is 1. The molecule has 0 saturated carbocycles. The molecule has 0 spiro atoms. The predicted octanol–water partition coefficient (Wildman–Crippen LogP) is 3.52. The molecular weight excluding hydrogens is 421 g/mol. The van der Waals surface area contributed by atoms with Crippen LogP contribution in [0.1, 0.15) is 44.5 Å². The number of hydrogen-bond acceptors (Lipinski definition) is 5. The Hall–Kier alpha value is -2.39. The second-order valence-corrected chi connectivity index (χ2v) is 14.1. The molecule has 2 radical (unpaired) electrons. The molecule has 2 rings (SSSR count). The van der Waals surface area contributed by atoms with E-state index >= 15 is 0 Å². The van der Waals surface area contributed by atoms with Crippen molar-refractivity contribution in [3.05, 3.63) is 41.9 Å². The van der Waals surface area contributed by atoms with E-state index < -0.39 is 26.1 Å². The lowest BCUT2D eigenvalue weighted by molar-refractivity contribution is -0.142. The van der Waals surface area contributed by atoms with Crippen LogP contribution in [0.25, 0.3) is 11.3 Å². The molecule has 0 aliphatic heterocycles. The van der Waals surface area contributed by atoms with Gasteiger partial charge in [-0.15, -0.1) is 0 Å². The molecule has 172 valence electrons. The molecule has 32 heavy (non-hydrogen) atoms. The number of esters is 1. The summed E-state index contributed by atoms with van der Waals surface area (Å²) < 4.78 is 6.78. The number of nitrogens with zero attached hydrogens (tertiary/aromatic N) is 2. The van der Waals surface area contributed by atoms with Crippen LogP contribution in [0.5, 0.6) is 0 Å². The number of aryl methyl sites for hydroxylation is 1. The summed E-state index contributed by atoms with van der Waals surface area (Å²) in [7, 11) is 6.12. The van der Waals surface area contributed by atoms with E-state index in [1.807, 2.05) is 55.2 Å². The quantitative estimate of drug-likeness (QED) is 0.446. The number of carbonyl (C=O) groups is 2. The second-order valence-electron chi connectivity index (χ2n) is 9.63. The van der Waals surface area contributed by atoms with Crippen LogP contribution in [0.4, 0.5) is 4.79 Å². The molecule has 0 aliphatic rings. The fraction of sp³-hybridized carbons (Fsp3) is 0.522. The molecule has 0 aliphatic carbocycles. The normalized spacial score (nSPS) is 14.0. The highest BCUT2D eigenvalue weighted by Crippen LogP contribution is 2.43. The zero-order chi connectivity index (χ0) is 24.3. The van der Waals surface area contributed by atoms with E-state index in [9.17, 15) is 14.4 Å². The highest BCUT2D eigenvalue weighted by atomic mass is 28.4. The maximum atomic E-state index is 11.9. The van der Waals surface area contributed by atoms with Crippen molar-refractivity contribution in [3.63, 3.8) is 0 Å². The summed E-state index contributed by atoms with van der Waals surface area (Å²) in [5, 5.41) is 2.28. The average Bonchev–Trinajstić information content (AvgIpc) is 3.07. The van der Waals surface area contributed by atoms with E-state index in [4.69, 9.17) is 17.6 Å². The molecule has 9 heteroatoms. The number of methoxy groups -OCH3 is 1. The van der Waals surface area contributed by atoms with Crippen molar-refractivity contribution in [2.24, 2.45) is 7.05 Å². The van der Waals surface area contributed by atoms with Gasteiger partial charge in [0.1, 0.15) is 11.9 Å². The first kappa shape index (κ1) is 25.9. The lowest BCUT2D eigenvalue weighted by atomic mass is 9.97. The van der Waals surface area contributed by atoms with Gasteiger partial charge in [0.2, 0.25) is 7.85 Å². The zero-order valence-corrected chi connectivity index (χ0v) is 21.1. The predicted molar refractivity (Wildman–Crippen MR) is 129 cm³/mol. The SMILES string of the molecule is [B]C(=O)NC(Cc1ccc(-c2cn(C)c(C(C)CC(C)(C)[Si](C)(C)O)n2)cc1)C(=O)OC. The lowest BCUT2D eigenvalue weighted by Crippen LogP contribution is -2.42. The molecule has 1 amide bonds. The van der Waals surface area contributed by atoms with Crippen LogP contribution in [0, 0.1) is 0 Å². The molecule has 2 aromatic rings. The van der Waals surface area contributed by atoms with Gasteiger partial charge < -0.3 is 19.4 Å². The minimum absolute atomic E-state index is 0.130. The summed E-state index contributed by atoms with van der Waals surface area (Å²) in [5.41, 5.74) is 2.68. The molecular formula is C23H34BN3O4Si. The summed E-state index contributed by atoms with van der Waals surface area (Å²) in [5.74, 6) is -0.148. The summed E-state index contributed by atoms with van der Waals surface area (Å²) in [6.45, 7) is 10.4. The molecule has 7 nitrogen and oxygen atoms in total. The Bertz CT molecular complexity index is 951. The van der Waals surface area contributed by atoms with E-state index in [1.54, 1.807) is 0 Å². The van der Waals surface area contributed by atoms with Crippen molar-refractivity contribution < 1.29 is 19.1 Å². The molecule has 0 saturated heterocycles. The number of carbonyl (C=O) groups excluding carboxylic acids is 2. The number of aromatic nitrogens is 2. The molecule has 1 heterocycles. The molecule has 0 bridgehead atoms. The van der Waals surface area contributed by atoms with Crippen molar-refractivity contribution in [1.82, 2.24) is 14.9 Å². The molecule has 1 aromatic heterocycles. The van der Waals surface area contributed by atoms with Crippen LogP contribution in [0.3, 0.4) is 0 Å². The second kappa shape index (κ2) is 10.0. The van der Waals surface area contributed by atoms with Gasteiger partial charge in [-0.3, -0.25) is 4.79 Å². The van der Waals surface area contributed by atoms with Gasteiger partial charge in [0, 0.05) is 31.1 Å². The van der Waals surface area contributed by atoms with Crippen molar-refractivity contribution >= 4 is 27.9 Å². The number of rotatable bonds is 9. The van der Waals surface area contributed by atoms with Crippen molar-refractivity contribution in [2.45, 2.75) is 63.7 Å². The minimum Gasteiger partial charge on any atom is -0.467 e. The van der Waals surface area contributed by atoms with Crippen LogP contribution in [-0.4, -0.2) is 55.4 Å². The van der Waals surface area contributed by atoms with E-state index in [-0.39, 0.29) is 17.4 Å². The molecule has 0 fully saturated rings. The third kappa shape index (κ3) is 6.32.